The zero-order valence-electron chi connectivity index (χ0n) is 18.7. The van der Waals surface area contributed by atoms with E-state index in [1.165, 1.54) is 7.05 Å². The van der Waals surface area contributed by atoms with Crippen molar-refractivity contribution in [2.24, 2.45) is 0 Å². The van der Waals surface area contributed by atoms with Crippen LogP contribution < -0.4 is 19.5 Å². The molecule has 0 saturated carbocycles. The molecule has 33 heavy (non-hydrogen) atoms. The average Bonchev–Trinajstić information content (AvgIpc) is 2.83. The van der Waals surface area contributed by atoms with Gasteiger partial charge in [0, 0.05) is 39.3 Å². The highest BCUT2D eigenvalue weighted by Crippen LogP contribution is 2.31. The third-order valence-electron chi connectivity index (χ3n) is 5.88. The SMILES string of the molecule is CNS(=O)(=O)Cc1ccccc1CNC(=O)N1CCN(Cc2ccc3c(c2)OCCO3)CC1. The van der Waals surface area contributed by atoms with Crippen molar-refractivity contribution < 1.29 is 22.7 Å². The third kappa shape index (κ3) is 6.16. The monoisotopic (exact) mass is 474 g/mol. The molecular weight excluding hydrogens is 444 g/mol. The fourth-order valence-corrected chi connectivity index (χ4v) is 4.82. The van der Waals surface area contributed by atoms with E-state index in [1.54, 1.807) is 17.0 Å². The Labute approximate surface area is 194 Å². The molecule has 2 aromatic carbocycles. The second-order valence-electron chi connectivity index (χ2n) is 8.13. The summed E-state index contributed by atoms with van der Waals surface area (Å²) >= 11 is 0. The summed E-state index contributed by atoms with van der Waals surface area (Å²) in [6.07, 6.45) is 0. The number of hydrogen-bond donors (Lipinski definition) is 2. The van der Waals surface area contributed by atoms with Crippen LogP contribution in [0.3, 0.4) is 0 Å². The van der Waals surface area contributed by atoms with Gasteiger partial charge in [-0.15, -0.1) is 0 Å². The number of nitrogens with one attached hydrogen (secondary N) is 2. The van der Waals surface area contributed by atoms with Gasteiger partial charge in [-0.3, -0.25) is 4.90 Å². The van der Waals surface area contributed by atoms with Gasteiger partial charge in [0.05, 0.1) is 5.75 Å². The number of benzene rings is 2. The molecule has 0 aliphatic carbocycles. The minimum absolute atomic E-state index is 0.117. The highest BCUT2D eigenvalue weighted by Gasteiger charge is 2.22. The fourth-order valence-electron chi connectivity index (χ4n) is 3.98. The molecule has 2 heterocycles. The molecule has 10 heteroatoms. The molecule has 2 aromatic rings. The van der Waals surface area contributed by atoms with Crippen LogP contribution in [0.25, 0.3) is 0 Å². The number of rotatable bonds is 7. The number of nitrogens with zero attached hydrogens (tertiary/aromatic N) is 2. The van der Waals surface area contributed by atoms with Gasteiger partial charge in [-0.1, -0.05) is 30.3 Å². The van der Waals surface area contributed by atoms with E-state index in [-0.39, 0.29) is 18.3 Å². The third-order valence-corrected chi connectivity index (χ3v) is 7.19. The number of amides is 2. The van der Waals surface area contributed by atoms with E-state index in [2.05, 4.69) is 21.0 Å². The molecular formula is C23H30N4O5S. The zero-order valence-corrected chi connectivity index (χ0v) is 19.6. The number of carbonyl (C=O) groups is 1. The number of piperazine rings is 1. The lowest BCUT2D eigenvalue weighted by atomic mass is 10.1. The van der Waals surface area contributed by atoms with E-state index < -0.39 is 10.0 Å². The molecule has 0 unspecified atom stereocenters. The van der Waals surface area contributed by atoms with Crippen LogP contribution in [0, 0.1) is 0 Å². The number of ether oxygens (including phenoxy) is 2. The molecule has 2 amide bonds. The van der Waals surface area contributed by atoms with Gasteiger partial charge in [0.1, 0.15) is 13.2 Å². The minimum Gasteiger partial charge on any atom is -0.486 e. The van der Waals surface area contributed by atoms with Crippen LogP contribution in [-0.2, 0) is 28.9 Å². The summed E-state index contributed by atoms with van der Waals surface area (Å²) < 4.78 is 37.4. The Morgan fingerprint density at radius 2 is 1.67 bits per heavy atom. The predicted molar refractivity (Wildman–Crippen MR) is 125 cm³/mol. The van der Waals surface area contributed by atoms with E-state index in [0.29, 0.717) is 31.9 Å². The van der Waals surface area contributed by atoms with Crippen molar-refractivity contribution in [3.63, 3.8) is 0 Å². The topological polar surface area (TPSA) is 100 Å². The summed E-state index contributed by atoms with van der Waals surface area (Å²) in [6.45, 7) is 5.04. The first-order valence-electron chi connectivity index (χ1n) is 11.1. The number of fused-ring (bicyclic) bond motifs is 1. The molecule has 0 atom stereocenters. The normalized spacial score (nSPS) is 16.5. The van der Waals surface area contributed by atoms with Crippen LogP contribution >= 0.6 is 0 Å². The highest BCUT2D eigenvalue weighted by molar-refractivity contribution is 7.88. The molecule has 0 bridgehead atoms. The lowest BCUT2D eigenvalue weighted by Gasteiger charge is -2.35. The van der Waals surface area contributed by atoms with Crippen LogP contribution in [0.15, 0.2) is 42.5 Å². The van der Waals surface area contributed by atoms with Crippen molar-refractivity contribution in [1.82, 2.24) is 19.8 Å². The second kappa shape index (κ2) is 10.4. The van der Waals surface area contributed by atoms with Gasteiger partial charge in [0.25, 0.3) is 0 Å². The van der Waals surface area contributed by atoms with Gasteiger partial charge in [0.2, 0.25) is 10.0 Å². The summed E-state index contributed by atoms with van der Waals surface area (Å²) in [5.74, 6) is 1.46. The van der Waals surface area contributed by atoms with E-state index >= 15 is 0 Å². The molecule has 178 valence electrons. The molecule has 4 rings (SSSR count). The smallest absolute Gasteiger partial charge is 0.317 e. The molecule has 1 fully saturated rings. The van der Waals surface area contributed by atoms with E-state index in [1.807, 2.05) is 24.3 Å². The standard InChI is InChI=1S/C23H30N4O5S/c1-24-33(29,30)17-20-5-3-2-4-19(20)15-25-23(28)27-10-8-26(9-11-27)16-18-6-7-21-22(14-18)32-13-12-31-21/h2-7,14,24H,8-13,15-17H2,1H3,(H,25,28). The number of hydrogen-bond acceptors (Lipinski definition) is 6. The fraction of sp³-hybridized carbons (Fsp3) is 0.435. The first-order chi connectivity index (χ1) is 15.9. The Hall–Kier alpha value is -2.82. The van der Waals surface area contributed by atoms with Crippen molar-refractivity contribution >= 4 is 16.1 Å². The summed E-state index contributed by atoms with van der Waals surface area (Å²) in [6, 6.07) is 13.1. The molecule has 0 radical (unpaired) electrons. The molecule has 9 nitrogen and oxygen atoms in total. The van der Waals surface area contributed by atoms with Crippen LogP contribution in [0.5, 0.6) is 11.5 Å². The Bertz CT molecular complexity index is 1080. The van der Waals surface area contributed by atoms with Gasteiger partial charge in [0.15, 0.2) is 11.5 Å². The molecule has 2 aliphatic rings. The Morgan fingerprint density at radius 1 is 0.970 bits per heavy atom. The van der Waals surface area contributed by atoms with Gasteiger partial charge >= 0.3 is 6.03 Å². The average molecular weight is 475 g/mol. The number of sulfonamides is 1. The second-order valence-corrected chi connectivity index (χ2v) is 10.1. The minimum atomic E-state index is -3.38. The quantitative estimate of drug-likeness (QED) is 0.632. The molecule has 2 aliphatic heterocycles. The van der Waals surface area contributed by atoms with Crippen molar-refractivity contribution in [1.29, 1.82) is 0 Å². The first-order valence-corrected chi connectivity index (χ1v) is 12.7. The summed E-state index contributed by atoms with van der Waals surface area (Å²) in [7, 11) is -1.99. The van der Waals surface area contributed by atoms with Gasteiger partial charge in [-0.05, 0) is 35.9 Å². The van der Waals surface area contributed by atoms with Gasteiger partial charge in [-0.25, -0.2) is 17.9 Å². The van der Waals surface area contributed by atoms with Crippen molar-refractivity contribution in [2.45, 2.75) is 18.8 Å². The lowest BCUT2D eigenvalue weighted by molar-refractivity contribution is 0.134. The maximum absolute atomic E-state index is 12.7. The van der Waals surface area contributed by atoms with Crippen LogP contribution in [0.1, 0.15) is 16.7 Å². The molecule has 2 N–H and O–H groups in total. The van der Waals surface area contributed by atoms with E-state index in [9.17, 15) is 13.2 Å². The maximum Gasteiger partial charge on any atom is 0.317 e. The van der Waals surface area contributed by atoms with Gasteiger partial charge < -0.3 is 19.7 Å². The molecule has 0 spiro atoms. The van der Waals surface area contributed by atoms with Crippen molar-refractivity contribution in [3.05, 3.63) is 59.2 Å². The highest BCUT2D eigenvalue weighted by atomic mass is 32.2. The van der Waals surface area contributed by atoms with Crippen LogP contribution in [0.4, 0.5) is 4.79 Å². The number of urea groups is 1. The Morgan fingerprint density at radius 3 is 2.39 bits per heavy atom. The summed E-state index contributed by atoms with van der Waals surface area (Å²) in [4.78, 5) is 16.8. The maximum atomic E-state index is 12.7. The Kier molecular flexibility index (Phi) is 7.36. The van der Waals surface area contributed by atoms with Crippen molar-refractivity contribution in [3.8, 4) is 11.5 Å². The summed E-state index contributed by atoms with van der Waals surface area (Å²) in [5, 5.41) is 2.93. The van der Waals surface area contributed by atoms with E-state index in [4.69, 9.17) is 9.47 Å². The summed E-state index contributed by atoms with van der Waals surface area (Å²) in [5.41, 5.74) is 2.63. The molecule has 0 aromatic heterocycles. The first kappa shape index (κ1) is 23.3. The predicted octanol–water partition coefficient (Wildman–Crippen LogP) is 1.53. The van der Waals surface area contributed by atoms with E-state index in [0.717, 1.165) is 42.3 Å². The largest absolute Gasteiger partial charge is 0.486 e. The van der Waals surface area contributed by atoms with Gasteiger partial charge in [-0.2, -0.15) is 0 Å². The number of carbonyl (C=O) groups excluding carboxylic acids is 1. The Balaban J connectivity index is 1.26. The van der Waals surface area contributed by atoms with Crippen molar-refractivity contribution in [2.75, 3.05) is 46.4 Å². The zero-order chi connectivity index (χ0) is 23.3. The van der Waals surface area contributed by atoms with Crippen LogP contribution in [0.2, 0.25) is 0 Å². The molecule has 1 saturated heterocycles. The lowest BCUT2D eigenvalue weighted by Crippen LogP contribution is -2.51. The van der Waals surface area contributed by atoms with Crippen LogP contribution in [-0.4, -0.2) is 70.7 Å².